The second-order valence-corrected chi connectivity index (χ2v) is 6.53. The van der Waals surface area contributed by atoms with Gasteiger partial charge in [-0.1, -0.05) is 0 Å². The lowest BCUT2D eigenvalue weighted by molar-refractivity contribution is 0.0950. The fraction of sp³-hybridized carbons (Fsp3) is 1.00. The van der Waals surface area contributed by atoms with E-state index in [9.17, 15) is 8.42 Å². The maximum Gasteiger partial charge on any atom is 0.147 e. The van der Waals surface area contributed by atoms with E-state index in [0.29, 0.717) is 12.5 Å². The van der Waals surface area contributed by atoms with Crippen LogP contribution in [0.3, 0.4) is 0 Å². The smallest absolute Gasteiger partial charge is 0.147 e. The van der Waals surface area contributed by atoms with Crippen LogP contribution in [0.5, 0.6) is 0 Å². The van der Waals surface area contributed by atoms with Crippen molar-refractivity contribution in [1.29, 1.82) is 0 Å². The lowest BCUT2D eigenvalue weighted by Gasteiger charge is -2.19. The molecule has 0 bridgehead atoms. The Labute approximate surface area is 92.3 Å². The third-order valence-electron chi connectivity index (χ3n) is 2.82. The number of rotatable bonds is 6. The highest BCUT2D eigenvalue weighted by atomic mass is 32.2. The monoisotopic (exact) mass is 235 g/mol. The Morgan fingerprint density at radius 3 is 2.73 bits per heavy atom. The van der Waals surface area contributed by atoms with Crippen molar-refractivity contribution in [2.24, 2.45) is 0 Å². The van der Waals surface area contributed by atoms with Crippen LogP contribution in [0.4, 0.5) is 0 Å². The fourth-order valence-electron chi connectivity index (χ4n) is 1.88. The molecule has 0 saturated carbocycles. The molecule has 15 heavy (non-hydrogen) atoms. The van der Waals surface area contributed by atoms with Gasteiger partial charge in [0.15, 0.2) is 0 Å². The second kappa shape index (κ2) is 5.82. The van der Waals surface area contributed by atoms with E-state index < -0.39 is 9.84 Å². The minimum Gasteiger partial charge on any atom is -0.378 e. The Hall–Kier alpha value is -0.130. The van der Waals surface area contributed by atoms with E-state index >= 15 is 0 Å². The number of nitrogens with one attached hydrogen (secondary N) is 1. The van der Waals surface area contributed by atoms with Crippen molar-refractivity contribution in [3.05, 3.63) is 0 Å². The van der Waals surface area contributed by atoms with Gasteiger partial charge in [0.05, 0.1) is 11.9 Å². The topological polar surface area (TPSA) is 55.4 Å². The average molecular weight is 235 g/mol. The molecule has 1 heterocycles. The molecule has 0 radical (unpaired) electrons. The SMILES string of the molecule is CNC(CCS(C)(=O)=O)CC1CCCO1. The standard InChI is InChI=1S/C10H21NO3S/c1-11-9(5-7-15(2,12)13)8-10-4-3-6-14-10/h9-11H,3-8H2,1-2H3. The summed E-state index contributed by atoms with van der Waals surface area (Å²) in [6.45, 7) is 0.854. The van der Waals surface area contributed by atoms with Crippen LogP contribution in [0.25, 0.3) is 0 Å². The molecular formula is C10H21NO3S. The first kappa shape index (κ1) is 12.9. The highest BCUT2D eigenvalue weighted by molar-refractivity contribution is 7.90. The zero-order valence-electron chi connectivity index (χ0n) is 9.53. The molecule has 1 N–H and O–H groups in total. The minimum atomic E-state index is -2.84. The number of ether oxygens (including phenoxy) is 1. The summed E-state index contributed by atoms with van der Waals surface area (Å²) in [7, 11) is -0.967. The van der Waals surface area contributed by atoms with Gasteiger partial charge in [-0.05, 0) is 32.7 Å². The predicted octanol–water partition coefficient (Wildman–Crippen LogP) is 0.578. The molecule has 0 aromatic carbocycles. The van der Waals surface area contributed by atoms with E-state index in [2.05, 4.69) is 5.32 Å². The highest BCUT2D eigenvalue weighted by Crippen LogP contribution is 2.18. The lowest BCUT2D eigenvalue weighted by Crippen LogP contribution is -2.31. The zero-order valence-corrected chi connectivity index (χ0v) is 10.3. The molecule has 0 aromatic heterocycles. The van der Waals surface area contributed by atoms with Crippen molar-refractivity contribution in [3.63, 3.8) is 0 Å². The third-order valence-corrected chi connectivity index (χ3v) is 3.79. The fourth-order valence-corrected chi connectivity index (χ4v) is 2.60. The molecule has 1 aliphatic heterocycles. The first-order chi connectivity index (χ1) is 7.01. The quantitative estimate of drug-likeness (QED) is 0.731. The van der Waals surface area contributed by atoms with E-state index in [1.165, 1.54) is 6.26 Å². The molecule has 0 amide bonds. The van der Waals surface area contributed by atoms with Crippen LogP contribution in [-0.4, -0.2) is 46.2 Å². The largest absolute Gasteiger partial charge is 0.378 e. The lowest BCUT2D eigenvalue weighted by atomic mass is 10.1. The van der Waals surface area contributed by atoms with Crippen LogP contribution in [0, 0.1) is 0 Å². The molecular weight excluding hydrogens is 214 g/mol. The van der Waals surface area contributed by atoms with Crippen LogP contribution >= 0.6 is 0 Å². The normalized spacial score (nSPS) is 24.3. The van der Waals surface area contributed by atoms with Crippen LogP contribution in [0.2, 0.25) is 0 Å². The van der Waals surface area contributed by atoms with Gasteiger partial charge in [0.25, 0.3) is 0 Å². The molecule has 4 nitrogen and oxygen atoms in total. The minimum absolute atomic E-state index is 0.253. The molecule has 1 rings (SSSR count). The maximum absolute atomic E-state index is 11.0. The van der Waals surface area contributed by atoms with E-state index in [1.807, 2.05) is 7.05 Å². The van der Waals surface area contributed by atoms with Crippen molar-refractivity contribution in [3.8, 4) is 0 Å². The molecule has 2 unspecified atom stereocenters. The molecule has 1 saturated heterocycles. The highest BCUT2D eigenvalue weighted by Gasteiger charge is 2.20. The van der Waals surface area contributed by atoms with E-state index in [-0.39, 0.29) is 11.8 Å². The predicted molar refractivity (Wildman–Crippen MR) is 60.8 cm³/mol. The van der Waals surface area contributed by atoms with Crippen molar-refractivity contribution < 1.29 is 13.2 Å². The molecule has 0 aliphatic carbocycles. The summed E-state index contributed by atoms with van der Waals surface area (Å²) < 4.78 is 27.6. The van der Waals surface area contributed by atoms with Crippen LogP contribution in [0.1, 0.15) is 25.7 Å². The van der Waals surface area contributed by atoms with E-state index in [4.69, 9.17) is 4.74 Å². The van der Waals surface area contributed by atoms with Gasteiger partial charge in [0.1, 0.15) is 9.84 Å². The molecule has 5 heteroatoms. The molecule has 1 fully saturated rings. The van der Waals surface area contributed by atoms with Gasteiger partial charge in [-0.15, -0.1) is 0 Å². The summed E-state index contributed by atoms with van der Waals surface area (Å²) in [5.41, 5.74) is 0. The van der Waals surface area contributed by atoms with Gasteiger partial charge in [0, 0.05) is 18.9 Å². The Morgan fingerprint density at radius 2 is 2.27 bits per heavy atom. The van der Waals surface area contributed by atoms with E-state index in [1.54, 1.807) is 0 Å². The van der Waals surface area contributed by atoms with Crippen LogP contribution in [0.15, 0.2) is 0 Å². The maximum atomic E-state index is 11.0. The number of sulfone groups is 1. The summed E-state index contributed by atoms with van der Waals surface area (Å²) in [6, 6.07) is 0.253. The molecule has 0 spiro atoms. The zero-order chi connectivity index (χ0) is 11.3. The summed E-state index contributed by atoms with van der Waals surface area (Å²) in [5.74, 6) is 0.255. The van der Waals surface area contributed by atoms with Gasteiger partial charge in [-0.25, -0.2) is 8.42 Å². The third kappa shape index (κ3) is 5.49. The average Bonchev–Trinajstić information content (AvgIpc) is 2.63. The van der Waals surface area contributed by atoms with Gasteiger partial charge >= 0.3 is 0 Å². The summed E-state index contributed by atoms with van der Waals surface area (Å²) in [4.78, 5) is 0. The summed E-state index contributed by atoms with van der Waals surface area (Å²) in [5, 5.41) is 3.16. The Bertz CT molecular complexity index is 270. The van der Waals surface area contributed by atoms with Crippen molar-refractivity contribution in [2.75, 3.05) is 25.7 Å². The summed E-state index contributed by atoms with van der Waals surface area (Å²) in [6.07, 6.45) is 5.44. The van der Waals surface area contributed by atoms with Gasteiger partial charge < -0.3 is 10.1 Å². The Kier molecular flexibility index (Phi) is 5.02. The summed E-state index contributed by atoms with van der Waals surface area (Å²) >= 11 is 0. The van der Waals surface area contributed by atoms with Crippen molar-refractivity contribution in [2.45, 2.75) is 37.8 Å². The first-order valence-electron chi connectivity index (χ1n) is 5.48. The van der Waals surface area contributed by atoms with E-state index in [0.717, 1.165) is 25.9 Å². The van der Waals surface area contributed by atoms with Gasteiger partial charge in [0.2, 0.25) is 0 Å². The Balaban J connectivity index is 2.28. The molecule has 0 aromatic rings. The molecule has 90 valence electrons. The van der Waals surface area contributed by atoms with Crippen molar-refractivity contribution >= 4 is 9.84 Å². The molecule has 1 aliphatic rings. The second-order valence-electron chi connectivity index (χ2n) is 4.27. The van der Waals surface area contributed by atoms with Gasteiger partial charge in [-0.2, -0.15) is 0 Å². The number of hydrogen-bond donors (Lipinski definition) is 1. The van der Waals surface area contributed by atoms with Crippen LogP contribution < -0.4 is 5.32 Å². The number of hydrogen-bond acceptors (Lipinski definition) is 4. The first-order valence-corrected chi connectivity index (χ1v) is 7.54. The molecule has 2 atom stereocenters. The van der Waals surface area contributed by atoms with Crippen molar-refractivity contribution in [1.82, 2.24) is 5.32 Å². The van der Waals surface area contributed by atoms with Crippen LogP contribution in [-0.2, 0) is 14.6 Å². The Morgan fingerprint density at radius 1 is 1.53 bits per heavy atom. The van der Waals surface area contributed by atoms with Gasteiger partial charge in [-0.3, -0.25) is 0 Å².